The van der Waals surface area contributed by atoms with Gasteiger partial charge in [0.15, 0.2) is 21.5 Å². The minimum atomic E-state index is -0.932. The Bertz CT molecular complexity index is 2010. The standard InChI is InChI=1S/C30H26BrN5O7S2/c1-5-42-22-14-19(20(31)15-21(22)41-4)26-25(28(38)43-6-2)16(3)34-30-35(26)27(37)24(45-30)13-17-12-18(36(39)40)8-9-23(17)44-29-32-10-7-11-33-29/h7-15,26H,5-6H2,1-4H3/b24-13+/t26-/m1/s1. The van der Waals surface area contributed by atoms with E-state index >= 15 is 0 Å². The van der Waals surface area contributed by atoms with Crippen molar-refractivity contribution >= 4 is 56.8 Å². The maximum absolute atomic E-state index is 14.2. The van der Waals surface area contributed by atoms with Gasteiger partial charge in [-0.2, -0.15) is 0 Å². The molecular formula is C30H26BrN5O7S2. The van der Waals surface area contributed by atoms with Gasteiger partial charge in [-0.3, -0.25) is 19.5 Å². The molecule has 0 radical (unpaired) electrons. The van der Waals surface area contributed by atoms with Crippen molar-refractivity contribution in [3.8, 4) is 11.5 Å². The number of allylic oxidation sites excluding steroid dienone is 1. The molecule has 45 heavy (non-hydrogen) atoms. The highest BCUT2D eigenvalue weighted by Gasteiger charge is 2.35. The van der Waals surface area contributed by atoms with E-state index in [2.05, 4.69) is 30.9 Å². The predicted octanol–water partition coefficient (Wildman–Crippen LogP) is 4.82. The van der Waals surface area contributed by atoms with Crippen LogP contribution in [0.5, 0.6) is 11.5 Å². The van der Waals surface area contributed by atoms with Gasteiger partial charge in [-0.1, -0.05) is 27.3 Å². The lowest BCUT2D eigenvalue weighted by Gasteiger charge is -2.26. The maximum Gasteiger partial charge on any atom is 0.338 e. The number of ether oxygens (including phenoxy) is 3. The Morgan fingerprint density at radius 1 is 1.18 bits per heavy atom. The fraction of sp³-hybridized carbons (Fsp3) is 0.233. The number of hydrogen-bond acceptors (Lipinski definition) is 12. The quantitative estimate of drug-likeness (QED) is 0.0971. The van der Waals surface area contributed by atoms with E-state index in [9.17, 15) is 19.7 Å². The number of hydrogen-bond donors (Lipinski definition) is 0. The van der Waals surface area contributed by atoms with E-state index in [1.165, 1.54) is 35.6 Å². The van der Waals surface area contributed by atoms with Crippen molar-refractivity contribution in [3.05, 3.63) is 105 Å². The lowest BCUT2D eigenvalue weighted by molar-refractivity contribution is -0.384. The zero-order chi connectivity index (χ0) is 32.2. The van der Waals surface area contributed by atoms with Gasteiger partial charge in [0.2, 0.25) is 0 Å². The Kier molecular flexibility index (Phi) is 9.80. The van der Waals surface area contributed by atoms with Gasteiger partial charge >= 0.3 is 5.97 Å². The molecular weight excluding hydrogens is 686 g/mol. The summed E-state index contributed by atoms with van der Waals surface area (Å²) in [7, 11) is 1.52. The van der Waals surface area contributed by atoms with Gasteiger partial charge in [-0.25, -0.2) is 19.8 Å². The monoisotopic (exact) mass is 711 g/mol. The predicted molar refractivity (Wildman–Crippen MR) is 172 cm³/mol. The molecule has 232 valence electrons. The highest BCUT2D eigenvalue weighted by molar-refractivity contribution is 9.10. The number of carbonyl (C=O) groups is 1. The molecule has 3 heterocycles. The molecule has 0 N–H and O–H groups in total. The summed E-state index contributed by atoms with van der Waals surface area (Å²) in [5, 5.41) is 12.1. The fourth-order valence-corrected chi connectivity index (χ4v) is 7.08. The second kappa shape index (κ2) is 13.7. The minimum absolute atomic E-state index is 0.124. The molecule has 0 unspecified atom stereocenters. The molecule has 0 aliphatic carbocycles. The van der Waals surface area contributed by atoms with Crippen LogP contribution in [0.25, 0.3) is 6.08 Å². The average Bonchev–Trinajstić information content (AvgIpc) is 3.32. The Hall–Kier alpha value is -4.34. The molecule has 1 aliphatic rings. The lowest BCUT2D eigenvalue weighted by atomic mass is 9.95. The van der Waals surface area contributed by atoms with Crippen LogP contribution in [0.2, 0.25) is 0 Å². The van der Waals surface area contributed by atoms with Crippen molar-refractivity contribution in [1.29, 1.82) is 0 Å². The average molecular weight is 713 g/mol. The molecule has 1 aliphatic heterocycles. The number of nitro benzene ring substituents is 1. The second-order valence-corrected chi connectivity index (χ2v) is 12.2. The summed E-state index contributed by atoms with van der Waals surface area (Å²) in [6.07, 6.45) is 4.77. The Morgan fingerprint density at radius 3 is 2.60 bits per heavy atom. The Labute approximate surface area is 273 Å². The maximum atomic E-state index is 14.2. The molecule has 0 bridgehead atoms. The summed E-state index contributed by atoms with van der Waals surface area (Å²) in [5.74, 6) is 0.287. The van der Waals surface area contributed by atoms with Gasteiger partial charge in [-0.15, -0.1) is 0 Å². The summed E-state index contributed by atoms with van der Waals surface area (Å²) in [6.45, 7) is 5.70. The Morgan fingerprint density at radius 2 is 1.93 bits per heavy atom. The first-order valence-corrected chi connectivity index (χ1v) is 16.0. The van der Waals surface area contributed by atoms with Crippen LogP contribution in [0, 0.1) is 10.1 Å². The van der Waals surface area contributed by atoms with E-state index < -0.39 is 22.5 Å². The zero-order valence-electron chi connectivity index (χ0n) is 24.5. The van der Waals surface area contributed by atoms with Gasteiger partial charge in [-0.05, 0) is 74.0 Å². The van der Waals surface area contributed by atoms with Gasteiger partial charge < -0.3 is 14.2 Å². The van der Waals surface area contributed by atoms with E-state index in [0.29, 0.717) is 54.3 Å². The molecule has 2 aromatic heterocycles. The van der Waals surface area contributed by atoms with Crippen LogP contribution in [0.15, 0.2) is 84.4 Å². The molecule has 0 fully saturated rings. The molecule has 15 heteroatoms. The number of carbonyl (C=O) groups excluding carboxylic acids is 1. The van der Waals surface area contributed by atoms with Gasteiger partial charge in [0.25, 0.3) is 11.2 Å². The molecule has 2 aromatic carbocycles. The number of aromatic nitrogens is 3. The second-order valence-electron chi connectivity index (χ2n) is 9.37. The largest absolute Gasteiger partial charge is 0.493 e. The molecule has 0 saturated carbocycles. The van der Waals surface area contributed by atoms with Gasteiger partial charge in [0.05, 0.1) is 47.1 Å². The topological polar surface area (TPSA) is 148 Å². The van der Waals surface area contributed by atoms with Crippen molar-refractivity contribution in [3.63, 3.8) is 0 Å². The van der Waals surface area contributed by atoms with E-state index in [1.807, 2.05) is 6.92 Å². The first kappa shape index (κ1) is 32.1. The summed E-state index contributed by atoms with van der Waals surface area (Å²) >= 11 is 5.92. The first-order chi connectivity index (χ1) is 21.7. The third-order valence-electron chi connectivity index (χ3n) is 6.63. The number of benzene rings is 2. The fourth-order valence-electron chi connectivity index (χ4n) is 4.71. The first-order valence-electron chi connectivity index (χ1n) is 13.6. The third-order valence-corrected chi connectivity index (χ3v) is 9.28. The SMILES string of the molecule is CCOC(=O)C1=C(C)N=c2s/c(=C/c3cc([N+](=O)[O-])ccc3Sc3ncccn3)c(=O)n2[C@@H]1c1cc(OCC)c(OC)cc1Br. The van der Waals surface area contributed by atoms with E-state index in [1.54, 1.807) is 56.6 Å². The summed E-state index contributed by atoms with van der Waals surface area (Å²) in [5.41, 5.74) is 0.969. The number of nitrogens with zero attached hydrogens (tertiary/aromatic N) is 5. The zero-order valence-corrected chi connectivity index (χ0v) is 27.7. The summed E-state index contributed by atoms with van der Waals surface area (Å²) in [4.78, 5) is 52.8. The number of rotatable bonds is 10. The highest BCUT2D eigenvalue weighted by Crippen LogP contribution is 2.41. The van der Waals surface area contributed by atoms with E-state index in [-0.39, 0.29) is 22.4 Å². The van der Waals surface area contributed by atoms with Crippen LogP contribution >= 0.6 is 39.0 Å². The van der Waals surface area contributed by atoms with Crippen LogP contribution in [0.3, 0.4) is 0 Å². The number of esters is 1. The van der Waals surface area contributed by atoms with Crippen LogP contribution < -0.4 is 24.4 Å². The van der Waals surface area contributed by atoms with Gasteiger partial charge in [0.1, 0.15) is 0 Å². The third kappa shape index (κ3) is 6.55. The molecule has 4 aromatic rings. The Balaban J connectivity index is 1.75. The van der Waals surface area contributed by atoms with Crippen molar-refractivity contribution in [2.24, 2.45) is 4.99 Å². The van der Waals surface area contributed by atoms with Gasteiger partial charge in [0, 0.05) is 33.9 Å². The molecule has 0 amide bonds. The highest BCUT2D eigenvalue weighted by atomic mass is 79.9. The number of halogens is 1. The van der Waals surface area contributed by atoms with E-state index in [4.69, 9.17) is 14.2 Å². The number of thiazole rings is 1. The van der Waals surface area contributed by atoms with Crippen LogP contribution in [-0.4, -0.2) is 45.8 Å². The normalized spacial score (nSPS) is 14.5. The number of nitro groups is 1. The van der Waals surface area contributed by atoms with Crippen LogP contribution in [-0.2, 0) is 9.53 Å². The van der Waals surface area contributed by atoms with Crippen molar-refractivity contribution in [2.45, 2.75) is 36.9 Å². The number of fused-ring (bicyclic) bond motifs is 1. The van der Waals surface area contributed by atoms with Crippen LogP contribution in [0.1, 0.15) is 37.9 Å². The van der Waals surface area contributed by atoms with Crippen LogP contribution in [0.4, 0.5) is 5.69 Å². The van der Waals surface area contributed by atoms with Crippen molar-refractivity contribution in [2.75, 3.05) is 20.3 Å². The molecule has 12 nitrogen and oxygen atoms in total. The van der Waals surface area contributed by atoms with E-state index in [0.717, 1.165) is 11.3 Å². The summed E-state index contributed by atoms with van der Waals surface area (Å²) < 4.78 is 19.0. The smallest absolute Gasteiger partial charge is 0.338 e. The molecule has 1 atom stereocenters. The van der Waals surface area contributed by atoms with Crippen molar-refractivity contribution < 1.29 is 23.9 Å². The molecule has 5 rings (SSSR count). The molecule has 0 spiro atoms. The minimum Gasteiger partial charge on any atom is -0.493 e. The number of methoxy groups -OCH3 is 1. The lowest BCUT2D eigenvalue weighted by Crippen LogP contribution is -2.40. The van der Waals surface area contributed by atoms with Crippen molar-refractivity contribution in [1.82, 2.24) is 14.5 Å². The summed E-state index contributed by atoms with van der Waals surface area (Å²) in [6, 6.07) is 8.56. The molecule has 0 saturated heterocycles. The number of non-ortho nitro benzene ring substituents is 1.